The van der Waals surface area contributed by atoms with Crippen molar-refractivity contribution in [2.45, 2.75) is 40.8 Å². The van der Waals surface area contributed by atoms with Gasteiger partial charge in [-0.3, -0.25) is 0 Å². The fraction of sp³-hybridized carbons (Fsp3) is 0.292. The molecule has 0 amide bonds. The molecule has 0 spiro atoms. The highest BCUT2D eigenvalue weighted by molar-refractivity contribution is 14.0. The summed E-state index contributed by atoms with van der Waals surface area (Å²) in [5, 5.41) is 11.4. The summed E-state index contributed by atoms with van der Waals surface area (Å²) in [5.74, 6) is 0.763. The van der Waals surface area contributed by atoms with Crippen molar-refractivity contribution in [1.82, 2.24) is 29.8 Å². The lowest BCUT2D eigenvalue weighted by Gasteiger charge is -2.12. The van der Waals surface area contributed by atoms with Crippen molar-refractivity contribution in [2.75, 3.05) is 6.54 Å². The molecule has 168 valence electrons. The van der Waals surface area contributed by atoms with Gasteiger partial charge in [0.2, 0.25) is 0 Å². The standard InChI is InChI=1S/C24H29N7.HI/c1-5-25-24(27-15-21-16-30-18(3)9-8-12-23(30)28-21)26-14-20-10-6-7-11-22(20)31-19(4)13-17(2)29-31;/h6-13,16H,5,14-15H2,1-4H3,(H2,25,26,27);1H. The molecule has 7 nitrogen and oxygen atoms in total. The Bertz CT molecular complexity index is 1220. The van der Waals surface area contributed by atoms with Gasteiger partial charge in [0.15, 0.2) is 5.96 Å². The van der Waals surface area contributed by atoms with E-state index >= 15 is 0 Å². The zero-order valence-corrected chi connectivity index (χ0v) is 21.3. The second kappa shape index (κ2) is 10.6. The topological polar surface area (TPSA) is 71.5 Å². The number of rotatable bonds is 6. The third-order valence-electron chi connectivity index (χ3n) is 5.16. The van der Waals surface area contributed by atoms with Gasteiger partial charge in [-0.15, -0.1) is 24.0 Å². The Balaban J connectivity index is 0.00000289. The number of hydrogen-bond donors (Lipinski definition) is 2. The largest absolute Gasteiger partial charge is 0.357 e. The van der Waals surface area contributed by atoms with E-state index in [9.17, 15) is 0 Å². The summed E-state index contributed by atoms with van der Waals surface area (Å²) in [6.07, 6.45) is 2.07. The van der Waals surface area contributed by atoms with Gasteiger partial charge in [-0.25, -0.2) is 14.7 Å². The molecule has 0 aliphatic carbocycles. The van der Waals surface area contributed by atoms with E-state index in [-0.39, 0.29) is 24.0 Å². The molecule has 8 heteroatoms. The number of nitrogens with zero attached hydrogens (tertiary/aromatic N) is 5. The monoisotopic (exact) mass is 543 g/mol. The summed E-state index contributed by atoms with van der Waals surface area (Å²) in [6.45, 7) is 10.2. The number of aliphatic imine (C=N–C) groups is 1. The molecule has 0 aliphatic rings. The zero-order chi connectivity index (χ0) is 21.8. The van der Waals surface area contributed by atoms with Crippen LogP contribution in [-0.2, 0) is 13.1 Å². The van der Waals surface area contributed by atoms with Crippen molar-refractivity contribution in [3.05, 3.63) is 83.1 Å². The molecule has 0 fully saturated rings. The third-order valence-corrected chi connectivity index (χ3v) is 5.16. The molecule has 3 heterocycles. The number of halogens is 1. The number of para-hydroxylation sites is 1. The Kier molecular flexibility index (Phi) is 7.89. The van der Waals surface area contributed by atoms with E-state index < -0.39 is 0 Å². The maximum absolute atomic E-state index is 4.81. The smallest absolute Gasteiger partial charge is 0.191 e. The van der Waals surface area contributed by atoms with Crippen molar-refractivity contribution in [3.8, 4) is 5.69 Å². The number of aromatic nitrogens is 4. The minimum absolute atomic E-state index is 0. The first-order valence-corrected chi connectivity index (χ1v) is 10.6. The summed E-state index contributed by atoms with van der Waals surface area (Å²) in [6, 6.07) is 16.5. The van der Waals surface area contributed by atoms with Gasteiger partial charge < -0.3 is 15.0 Å². The molecule has 4 aromatic rings. The molecule has 4 rings (SSSR count). The van der Waals surface area contributed by atoms with Crippen LogP contribution in [0.5, 0.6) is 0 Å². The number of hydrogen-bond acceptors (Lipinski definition) is 3. The number of fused-ring (bicyclic) bond motifs is 1. The van der Waals surface area contributed by atoms with Crippen LogP contribution in [0.15, 0.2) is 59.7 Å². The van der Waals surface area contributed by atoms with Crippen LogP contribution in [0.3, 0.4) is 0 Å². The Morgan fingerprint density at radius 1 is 1.00 bits per heavy atom. The molecule has 0 aliphatic heterocycles. The lowest BCUT2D eigenvalue weighted by atomic mass is 10.2. The molecule has 1 aromatic carbocycles. The predicted molar refractivity (Wildman–Crippen MR) is 140 cm³/mol. The average molecular weight is 543 g/mol. The second-order valence-corrected chi connectivity index (χ2v) is 7.64. The van der Waals surface area contributed by atoms with Crippen LogP contribution < -0.4 is 10.6 Å². The highest BCUT2D eigenvalue weighted by Gasteiger charge is 2.09. The van der Waals surface area contributed by atoms with E-state index in [0.29, 0.717) is 13.1 Å². The number of nitrogens with one attached hydrogen (secondary N) is 2. The van der Waals surface area contributed by atoms with Gasteiger partial charge in [0.25, 0.3) is 0 Å². The highest BCUT2D eigenvalue weighted by Crippen LogP contribution is 2.18. The number of imidazole rings is 1. The number of pyridine rings is 1. The number of benzene rings is 1. The summed E-state index contributed by atoms with van der Waals surface area (Å²) >= 11 is 0. The van der Waals surface area contributed by atoms with Crippen LogP contribution in [0.25, 0.3) is 11.3 Å². The maximum atomic E-state index is 4.81. The van der Waals surface area contributed by atoms with E-state index in [0.717, 1.165) is 52.2 Å². The first-order valence-electron chi connectivity index (χ1n) is 10.6. The SMILES string of the molecule is CCNC(=NCc1ccccc1-n1nc(C)cc1C)NCc1cn2c(C)cccc2n1.I. The van der Waals surface area contributed by atoms with Crippen LogP contribution in [0.4, 0.5) is 0 Å². The van der Waals surface area contributed by atoms with Crippen LogP contribution in [-0.4, -0.2) is 31.7 Å². The van der Waals surface area contributed by atoms with Gasteiger partial charge in [-0.2, -0.15) is 5.10 Å². The first kappa shape index (κ1) is 23.8. The van der Waals surface area contributed by atoms with Crippen molar-refractivity contribution >= 4 is 35.6 Å². The van der Waals surface area contributed by atoms with E-state index in [1.807, 2.05) is 35.9 Å². The Hall–Kier alpha value is -2.88. The molecular weight excluding hydrogens is 513 g/mol. The normalized spacial score (nSPS) is 11.4. The maximum Gasteiger partial charge on any atom is 0.191 e. The van der Waals surface area contributed by atoms with E-state index in [2.05, 4.69) is 71.4 Å². The van der Waals surface area contributed by atoms with Crippen molar-refractivity contribution in [2.24, 2.45) is 4.99 Å². The molecule has 2 N–H and O–H groups in total. The molecule has 0 atom stereocenters. The minimum atomic E-state index is 0. The fourth-order valence-electron chi connectivity index (χ4n) is 3.69. The lowest BCUT2D eigenvalue weighted by molar-refractivity contribution is 0.794. The second-order valence-electron chi connectivity index (χ2n) is 7.64. The molecule has 32 heavy (non-hydrogen) atoms. The van der Waals surface area contributed by atoms with E-state index in [1.54, 1.807) is 0 Å². The van der Waals surface area contributed by atoms with Crippen LogP contribution >= 0.6 is 24.0 Å². The van der Waals surface area contributed by atoms with Crippen LogP contribution in [0.1, 0.15) is 35.3 Å². The molecule has 0 bridgehead atoms. The van der Waals surface area contributed by atoms with Crippen molar-refractivity contribution in [1.29, 1.82) is 0 Å². The summed E-state index contributed by atoms with van der Waals surface area (Å²) in [4.78, 5) is 9.51. The minimum Gasteiger partial charge on any atom is -0.357 e. The van der Waals surface area contributed by atoms with Gasteiger partial charge in [0.05, 0.1) is 30.2 Å². The molecule has 3 aromatic heterocycles. The molecule has 0 unspecified atom stereocenters. The average Bonchev–Trinajstić information content (AvgIpc) is 3.33. The molecule has 0 saturated carbocycles. The lowest BCUT2D eigenvalue weighted by Crippen LogP contribution is -2.36. The first-order chi connectivity index (χ1) is 15.0. The van der Waals surface area contributed by atoms with Gasteiger partial charge in [-0.1, -0.05) is 24.3 Å². The summed E-state index contributed by atoms with van der Waals surface area (Å²) < 4.78 is 4.09. The van der Waals surface area contributed by atoms with Gasteiger partial charge in [0, 0.05) is 24.1 Å². The van der Waals surface area contributed by atoms with Crippen LogP contribution in [0.2, 0.25) is 0 Å². The Morgan fingerprint density at radius 3 is 2.53 bits per heavy atom. The van der Waals surface area contributed by atoms with E-state index in [4.69, 9.17) is 9.98 Å². The van der Waals surface area contributed by atoms with Gasteiger partial charge in [0.1, 0.15) is 5.65 Å². The van der Waals surface area contributed by atoms with Crippen LogP contribution in [0, 0.1) is 20.8 Å². The predicted octanol–water partition coefficient (Wildman–Crippen LogP) is 4.32. The molecule has 0 saturated heterocycles. The Morgan fingerprint density at radius 2 is 1.81 bits per heavy atom. The van der Waals surface area contributed by atoms with Gasteiger partial charge in [-0.05, 0) is 57.5 Å². The van der Waals surface area contributed by atoms with Crippen molar-refractivity contribution < 1.29 is 0 Å². The third kappa shape index (κ3) is 5.29. The van der Waals surface area contributed by atoms with Crippen molar-refractivity contribution in [3.63, 3.8) is 0 Å². The zero-order valence-electron chi connectivity index (χ0n) is 19.0. The molecular formula is C24H30IN7. The summed E-state index contributed by atoms with van der Waals surface area (Å²) in [5.41, 5.74) is 7.39. The quantitative estimate of drug-likeness (QED) is 0.216. The highest BCUT2D eigenvalue weighted by atomic mass is 127. The van der Waals surface area contributed by atoms with Gasteiger partial charge >= 0.3 is 0 Å². The molecule has 0 radical (unpaired) electrons. The number of guanidine groups is 1. The van der Waals surface area contributed by atoms with E-state index in [1.165, 1.54) is 0 Å². The fourth-order valence-corrected chi connectivity index (χ4v) is 3.69. The number of aryl methyl sites for hydroxylation is 3. The Labute approximate surface area is 206 Å². The summed E-state index contributed by atoms with van der Waals surface area (Å²) in [7, 11) is 0.